The van der Waals surface area contributed by atoms with Gasteiger partial charge in [-0.1, -0.05) is 68.8 Å². The molecule has 4 nitrogen and oxygen atoms in total. The first kappa shape index (κ1) is 23.4. The number of nitrogens with zero attached hydrogens (tertiary/aromatic N) is 4. The molecule has 0 amide bonds. The van der Waals surface area contributed by atoms with Crippen molar-refractivity contribution in [3.63, 3.8) is 0 Å². The van der Waals surface area contributed by atoms with Gasteiger partial charge >= 0.3 is 0 Å². The predicted molar refractivity (Wildman–Crippen MR) is 139 cm³/mol. The first-order valence-electron chi connectivity index (χ1n) is 12.1. The van der Waals surface area contributed by atoms with E-state index in [-0.39, 0.29) is 6.04 Å². The fourth-order valence-electron chi connectivity index (χ4n) is 3.93. The highest BCUT2D eigenvalue weighted by Gasteiger charge is 2.16. The van der Waals surface area contributed by atoms with Crippen LogP contribution in [0.15, 0.2) is 60.0 Å². The summed E-state index contributed by atoms with van der Waals surface area (Å²) in [6.45, 7) is 8.65. The third-order valence-corrected chi connectivity index (χ3v) is 6.99. The highest BCUT2D eigenvalue weighted by Crippen LogP contribution is 2.30. The van der Waals surface area contributed by atoms with E-state index < -0.39 is 0 Å². The van der Waals surface area contributed by atoms with Crippen LogP contribution in [0.1, 0.15) is 75.2 Å². The smallest absolute Gasteiger partial charge is 0.121 e. The lowest BCUT2D eigenvalue weighted by molar-refractivity contribution is 0.468. The van der Waals surface area contributed by atoms with E-state index in [4.69, 9.17) is 15.2 Å². The summed E-state index contributed by atoms with van der Waals surface area (Å²) in [5.74, 6) is 0.528. The Labute approximate surface area is 201 Å². The van der Waals surface area contributed by atoms with Gasteiger partial charge in [0.25, 0.3) is 0 Å². The van der Waals surface area contributed by atoms with E-state index in [0.29, 0.717) is 5.92 Å². The topological polar surface area (TPSA) is 43.6 Å². The van der Waals surface area contributed by atoms with Gasteiger partial charge in [0.15, 0.2) is 0 Å². The molecule has 0 atom stereocenters. The molecule has 5 heteroatoms. The van der Waals surface area contributed by atoms with Crippen LogP contribution in [0, 0.1) is 0 Å². The fraction of sp³-hybridized carbons (Fsp3) is 0.393. The monoisotopic (exact) mass is 458 g/mol. The van der Waals surface area contributed by atoms with Crippen LogP contribution in [0.2, 0.25) is 0 Å². The van der Waals surface area contributed by atoms with Crippen molar-refractivity contribution in [3.05, 3.63) is 76.2 Å². The normalized spacial score (nSPS) is 11.6. The van der Waals surface area contributed by atoms with E-state index in [2.05, 4.69) is 81.6 Å². The van der Waals surface area contributed by atoms with Gasteiger partial charge in [-0.2, -0.15) is 15.0 Å². The van der Waals surface area contributed by atoms with Gasteiger partial charge in [-0.25, -0.2) is 4.98 Å². The molecule has 2 aromatic heterocycles. The van der Waals surface area contributed by atoms with Crippen LogP contribution in [0.3, 0.4) is 0 Å². The average molecular weight is 459 g/mol. The van der Waals surface area contributed by atoms with Crippen LogP contribution in [0.25, 0.3) is 22.5 Å². The Morgan fingerprint density at radius 1 is 0.788 bits per heavy atom. The van der Waals surface area contributed by atoms with Crippen molar-refractivity contribution in [1.29, 1.82) is 0 Å². The van der Waals surface area contributed by atoms with Crippen molar-refractivity contribution in [1.82, 2.24) is 20.0 Å². The summed E-state index contributed by atoms with van der Waals surface area (Å²) in [5.41, 5.74) is 6.77. The lowest BCUT2D eigenvalue weighted by Gasteiger charge is -2.06. The zero-order valence-corrected chi connectivity index (χ0v) is 21.0. The molecular weight excluding hydrogens is 424 g/mol. The van der Waals surface area contributed by atoms with Crippen LogP contribution in [0.5, 0.6) is 0 Å². The quantitative estimate of drug-likeness (QED) is 0.228. The fourth-order valence-corrected chi connectivity index (χ4v) is 4.80. The first-order chi connectivity index (χ1) is 16.0. The molecule has 0 saturated heterocycles. The van der Waals surface area contributed by atoms with Gasteiger partial charge in [0.05, 0.1) is 16.7 Å². The second-order valence-corrected chi connectivity index (χ2v) is 10.2. The van der Waals surface area contributed by atoms with E-state index in [1.807, 2.05) is 10.9 Å². The molecule has 2 aromatic carbocycles. The Balaban J connectivity index is 1.40. The Morgan fingerprint density at radius 3 is 2.18 bits per heavy atom. The molecule has 0 aliphatic rings. The summed E-state index contributed by atoms with van der Waals surface area (Å²) in [4.78, 5) is 6.59. The van der Waals surface area contributed by atoms with Crippen molar-refractivity contribution < 1.29 is 0 Å². The zero-order chi connectivity index (χ0) is 23.2. The Bertz CT molecular complexity index is 1160. The number of benzene rings is 2. The number of thiazole rings is 1. The SMILES string of the molecule is CC(C)c1nc(CCCCCc2cccc(-c3nn(C(C)C)nc3-c3ccccc3)c2)cs1. The van der Waals surface area contributed by atoms with Crippen LogP contribution < -0.4 is 0 Å². The lowest BCUT2D eigenvalue weighted by Crippen LogP contribution is -2.04. The molecule has 4 rings (SSSR count). The number of rotatable bonds is 10. The van der Waals surface area contributed by atoms with Crippen LogP contribution in [-0.4, -0.2) is 20.0 Å². The van der Waals surface area contributed by atoms with E-state index >= 15 is 0 Å². The maximum absolute atomic E-state index is 4.85. The van der Waals surface area contributed by atoms with E-state index in [0.717, 1.165) is 35.4 Å². The minimum Gasteiger partial charge on any atom is -0.246 e. The Morgan fingerprint density at radius 2 is 1.48 bits per heavy atom. The van der Waals surface area contributed by atoms with Crippen molar-refractivity contribution in [2.24, 2.45) is 0 Å². The molecule has 0 unspecified atom stereocenters. The van der Waals surface area contributed by atoms with Crippen molar-refractivity contribution in [2.75, 3.05) is 0 Å². The number of unbranched alkanes of at least 4 members (excludes halogenated alkanes) is 2. The van der Waals surface area contributed by atoms with Gasteiger partial charge in [0.1, 0.15) is 11.4 Å². The third-order valence-electron chi connectivity index (χ3n) is 5.80. The van der Waals surface area contributed by atoms with Gasteiger partial charge in [-0.05, 0) is 51.2 Å². The molecular formula is C28H34N4S. The molecule has 0 N–H and O–H groups in total. The zero-order valence-electron chi connectivity index (χ0n) is 20.2. The van der Waals surface area contributed by atoms with Gasteiger partial charge < -0.3 is 0 Å². The van der Waals surface area contributed by atoms with Crippen molar-refractivity contribution in [2.45, 2.75) is 71.8 Å². The van der Waals surface area contributed by atoms with E-state index in [1.165, 1.54) is 35.5 Å². The van der Waals surface area contributed by atoms with Crippen LogP contribution in [0.4, 0.5) is 0 Å². The molecule has 172 valence electrons. The Kier molecular flexibility index (Phi) is 7.71. The van der Waals surface area contributed by atoms with Crippen LogP contribution in [-0.2, 0) is 12.8 Å². The summed E-state index contributed by atoms with van der Waals surface area (Å²) in [6, 6.07) is 19.4. The molecule has 0 aliphatic carbocycles. The largest absolute Gasteiger partial charge is 0.246 e. The molecule has 0 saturated carbocycles. The van der Waals surface area contributed by atoms with Crippen molar-refractivity contribution >= 4 is 11.3 Å². The lowest BCUT2D eigenvalue weighted by atomic mass is 10.00. The minimum absolute atomic E-state index is 0.221. The summed E-state index contributed by atoms with van der Waals surface area (Å²) >= 11 is 1.80. The van der Waals surface area contributed by atoms with E-state index in [9.17, 15) is 0 Å². The maximum atomic E-state index is 4.85. The van der Waals surface area contributed by atoms with Crippen molar-refractivity contribution in [3.8, 4) is 22.5 Å². The van der Waals surface area contributed by atoms with Gasteiger partial charge in [-0.3, -0.25) is 0 Å². The third kappa shape index (κ3) is 5.97. The predicted octanol–water partition coefficient (Wildman–Crippen LogP) is 7.73. The standard InChI is InChI=1S/C28H34N4S/c1-20(2)28-29-25(19-33-28)17-10-5-7-12-22-13-11-16-24(18-22)27-26(23-14-8-6-9-15-23)30-32(31-27)21(3)4/h6,8-9,11,13-16,18-21H,5,7,10,12,17H2,1-4H3. The summed E-state index contributed by atoms with van der Waals surface area (Å²) in [6.07, 6.45) is 5.78. The second kappa shape index (κ2) is 10.9. The summed E-state index contributed by atoms with van der Waals surface area (Å²) < 4.78 is 0. The highest BCUT2D eigenvalue weighted by atomic mass is 32.1. The molecule has 0 spiro atoms. The number of hydrogen-bond acceptors (Lipinski definition) is 4. The average Bonchev–Trinajstić information content (AvgIpc) is 3.48. The summed E-state index contributed by atoms with van der Waals surface area (Å²) in [7, 11) is 0. The first-order valence-corrected chi connectivity index (χ1v) is 12.9. The molecule has 4 aromatic rings. The number of aromatic nitrogens is 4. The molecule has 0 bridgehead atoms. The molecule has 0 aliphatic heterocycles. The highest BCUT2D eigenvalue weighted by molar-refractivity contribution is 7.09. The van der Waals surface area contributed by atoms with Crippen LogP contribution >= 0.6 is 11.3 Å². The molecule has 33 heavy (non-hydrogen) atoms. The van der Waals surface area contributed by atoms with E-state index in [1.54, 1.807) is 11.3 Å². The van der Waals surface area contributed by atoms with Gasteiger partial charge in [-0.15, -0.1) is 11.3 Å². The molecule has 2 heterocycles. The van der Waals surface area contributed by atoms with Gasteiger partial charge in [0, 0.05) is 22.4 Å². The maximum Gasteiger partial charge on any atom is 0.121 e. The second-order valence-electron chi connectivity index (χ2n) is 9.27. The van der Waals surface area contributed by atoms with Gasteiger partial charge in [0.2, 0.25) is 0 Å². The number of hydrogen-bond donors (Lipinski definition) is 0. The minimum atomic E-state index is 0.221. The molecule has 0 radical (unpaired) electrons. The summed E-state index contributed by atoms with van der Waals surface area (Å²) in [5, 5.41) is 13.2. The molecule has 0 fully saturated rings. The Hall–Kier alpha value is -2.79. The number of aryl methyl sites for hydroxylation is 2.